The van der Waals surface area contributed by atoms with Crippen molar-refractivity contribution >= 4 is 40.6 Å². The molecule has 1 aliphatic rings. The van der Waals surface area contributed by atoms with Crippen LogP contribution in [0.1, 0.15) is 25.3 Å². The molecule has 0 aromatic heterocycles. The van der Waals surface area contributed by atoms with Crippen molar-refractivity contribution < 1.29 is 24.2 Å². The van der Waals surface area contributed by atoms with Gasteiger partial charge in [-0.1, -0.05) is 43.7 Å². The number of nitro benzene ring substituents is 2. The first-order valence-corrected chi connectivity index (χ1v) is 10.2. The third-order valence-corrected chi connectivity index (χ3v) is 5.01. The largest absolute Gasteiger partial charge is 0.330 e. The molecule has 1 saturated heterocycles. The first-order valence-electron chi connectivity index (χ1n) is 10.2. The van der Waals surface area contributed by atoms with Crippen LogP contribution in [0.5, 0.6) is 0 Å². The van der Waals surface area contributed by atoms with Crippen molar-refractivity contribution in [1.29, 1.82) is 0 Å². The number of rotatable bonds is 9. The number of imide groups is 2. The summed E-state index contributed by atoms with van der Waals surface area (Å²) in [5.41, 5.74) is 1.44. The molecule has 1 unspecified atom stereocenters. The normalized spacial score (nSPS) is 16.3. The predicted molar refractivity (Wildman–Crippen MR) is 120 cm³/mol. The second-order valence-electron chi connectivity index (χ2n) is 7.26. The summed E-state index contributed by atoms with van der Waals surface area (Å²) in [7, 11) is 0. The summed E-state index contributed by atoms with van der Waals surface area (Å²) in [6, 6.07) is 10.2. The lowest BCUT2D eigenvalue weighted by Gasteiger charge is -2.30. The highest BCUT2D eigenvalue weighted by Gasteiger charge is 2.43. The number of carbonyl (C=O) groups excluding carboxylic acids is 3. The van der Waals surface area contributed by atoms with Crippen LogP contribution in [-0.4, -0.2) is 44.8 Å². The lowest BCUT2D eigenvalue weighted by molar-refractivity contribution is -0.393. The molecule has 34 heavy (non-hydrogen) atoms. The minimum absolute atomic E-state index is 0.0789. The Morgan fingerprint density at radius 1 is 1.09 bits per heavy atom. The lowest BCUT2D eigenvalue weighted by Crippen LogP contribution is -2.60. The first kappa shape index (κ1) is 24.0. The molecule has 0 bridgehead atoms. The smallest absolute Gasteiger partial charge is 0.277 e. The highest BCUT2D eigenvalue weighted by atomic mass is 16.6. The molecule has 4 amide bonds. The zero-order valence-electron chi connectivity index (χ0n) is 18.0. The van der Waals surface area contributed by atoms with Crippen LogP contribution in [0.2, 0.25) is 0 Å². The van der Waals surface area contributed by atoms with E-state index < -0.39 is 45.0 Å². The van der Waals surface area contributed by atoms with Crippen LogP contribution in [-0.2, 0) is 9.59 Å². The van der Waals surface area contributed by atoms with E-state index in [0.717, 1.165) is 23.1 Å². The van der Waals surface area contributed by atoms with E-state index >= 15 is 0 Å². The molecule has 3 rings (SSSR count). The Hall–Kier alpha value is -4.68. The Labute approximate surface area is 192 Å². The fraction of sp³-hybridized carbons (Fsp3) is 0.238. The van der Waals surface area contributed by atoms with Crippen LogP contribution >= 0.6 is 0 Å². The molecule has 13 nitrogen and oxygen atoms in total. The van der Waals surface area contributed by atoms with Gasteiger partial charge in [0.25, 0.3) is 5.69 Å². The maximum Gasteiger partial charge on any atom is 0.330 e. The van der Waals surface area contributed by atoms with Crippen LogP contribution in [0.3, 0.4) is 0 Å². The van der Waals surface area contributed by atoms with Gasteiger partial charge in [0.05, 0.1) is 21.6 Å². The van der Waals surface area contributed by atoms with Gasteiger partial charge < -0.3 is 0 Å². The van der Waals surface area contributed by atoms with E-state index in [9.17, 15) is 34.6 Å². The van der Waals surface area contributed by atoms with E-state index in [-0.39, 0.29) is 17.9 Å². The Kier molecular flexibility index (Phi) is 7.26. The maximum absolute atomic E-state index is 13.1. The maximum atomic E-state index is 13.1. The molecule has 1 atom stereocenters. The van der Waals surface area contributed by atoms with E-state index in [4.69, 9.17) is 0 Å². The number of nitrogens with zero attached hydrogens (tertiary/aromatic N) is 4. The van der Waals surface area contributed by atoms with Crippen molar-refractivity contribution in [2.75, 3.05) is 12.0 Å². The lowest BCUT2D eigenvalue weighted by atomic mass is 9.93. The van der Waals surface area contributed by atoms with Gasteiger partial charge in [-0.2, -0.15) is 5.10 Å². The molecule has 1 aliphatic heterocycles. The zero-order valence-corrected chi connectivity index (χ0v) is 18.0. The van der Waals surface area contributed by atoms with Gasteiger partial charge >= 0.3 is 11.7 Å². The molecule has 2 aromatic carbocycles. The number of nitrogens with one attached hydrogen (secondary N) is 2. The fourth-order valence-corrected chi connectivity index (χ4v) is 3.29. The summed E-state index contributed by atoms with van der Waals surface area (Å²) in [6.07, 6.45) is 1.24. The molecule has 176 valence electrons. The standard InChI is InChI=1S/C21H20N6O7/c1-2-3-11-25-20(29)17(19(28)22-21(25)30)18(13-7-5-4-6-8-13)24-23-15-10-9-14(26(31)32)12-16(15)27(33)34/h4-10,12,17,23H,2-3,11H2,1H3,(H,22,28,30)/b24-18+. The first-order chi connectivity index (χ1) is 16.2. The summed E-state index contributed by atoms with van der Waals surface area (Å²) in [4.78, 5) is 59.7. The number of hydrogen-bond acceptors (Lipinski definition) is 9. The third-order valence-electron chi connectivity index (χ3n) is 5.01. The number of amides is 4. The number of non-ortho nitro benzene ring substituents is 1. The van der Waals surface area contributed by atoms with Crippen LogP contribution < -0.4 is 10.7 Å². The third kappa shape index (κ3) is 5.03. The van der Waals surface area contributed by atoms with Gasteiger partial charge in [-0.15, -0.1) is 0 Å². The van der Waals surface area contributed by atoms with E-state index in [0.29, 0.717) is 18.4 Å². The second-order valence-corrected chi connectivity index (χ2v) is 7.26. The molecule has 2 aromatic rings. The molecule has 0 spiro atoms. The molecule has 1 heterocycles. The Morgan fingerprint density at radius 3 is 2.41 bits per heavy atom. The number of unbranched alkanes of at least 4 members (excludes halogenated alkanes) is 1. The van der Waals surface area contributed by atoms with Crippen LogP contribution in [0.15, 0.2) is 53.6 Å². The Bertz CT molecular complexity index is 1180. The second kappa shape index (κ2) is 10.3. The van der Waals surface area contributed by atoms with Crippen molar-refractivity contribution in [2.24, 2.45) is 11.0 Å². The molecular weight excluding hydrogens is 448 g/mol. The van der Waals surface area contributed by atoms with E-state index in [1.54, 1.807) is 30.3 Å². The number of hydrazone groups is 1. The van der Waals surface area contributed by atoms with Crippen molar-refractivity contribution in [3.05, 3.63) is 74.3 Å². The van der Waals surface area contributed by atoms with Gasteiger partial charge in [0, 0.05) is 12.6 Å². The number of hydrogen-bond donors (Lipinski definition) is 2. The summed E-state index contributed by atoms with van der Waals surface area (Å²) < 4.78 is 0. The van der Waals surface area contributed by atoms with Crippen LogP contribution in [0.25, 0.3) is 0 Å². The SMILES string of the molecule is CCCCN1C(=O)NC(=O)C(/C(=N/Nc2ccc([N+](=O)[O-])cc2[N+](=O)[O-])c2ccccc2)C1=O. The predicted octanol–water partition coefficient (Wildman–Crippen LogP) is 2.81. The van der Waals surface area contributed by atoms with Gasteiger partial charge in [0.1, 0.15) is 5.69 Å². The van der Waals surface area contributed by atoms with E-state index in [1.165, 1.54) is 0 Å². The number of carbonyl (C=O) groups is 3. The van der Waals surface area contributed by atoms with Crippen LogP contribution in [0, 0.1) is 26.1 Å². The molecular formula is C21H20N6O7. The van der Waals surface area contributed by atoms with E-state index in [1.807, 2.05) is 6.92 Å². The van der Waals surface area contributed by atoms with Crippen LogP contribution in [0.4, 0.5) is 21.9 Å². The Morgan fingerprint density at radius 2 is 1.79 bits per heavy atom. The van der Waals surface area contributed by atoms with E-state index in [2.05, 4.69) is 15.8 Å². The summed E-state index contributed by atoms with van der Waals surface area (Å²) in [5, 5.41) is 28.7. The summed E-state index contributed by atoms with van der Waals surface area (Å²) in [5.74, 6) is -3.16. The van der Waals surface area contributed by atoms with Gasteiger partial charge in [0.15, 0.2) is 5.92 Å². The topological polar surface area (TPSA) is 177 Å². The number of nitro groups is 2. The van der Waals surface area contributed by atoms with Crippen molar-refractivity contribution in [1.82, 2.24) is 10.2 Å². The highest BCUT2D eigenvalue weighted by Crippen LogP contribution is 2.29. The molecule has 0 saturated carbocycles. The number of barbiturate groups is 1. The van der Waals surface area contributed by atoms with Gasteiger partial charge in [0.2, 0.25) is 11.8 Å². The van der Waals surface area contributed by atoms with Gasteiger partial charge in [-0.05, 0) is 18.1 Å². The monoisotopic (exact) mass is 468 g/mol. The number of anilines is 1. The molecule has 1 fully saturated rings. The average molecular weight is 468 g/mol. The summed E-state index contributed by atoms with van der Waals surface area (Å²) in [6.45, 7) is 1.99. The quantitative estimate of drug-likeness (QED) is 0.244. The fourth-order valence-electron chi connectivity index (χ4n) is 3.29. The van der Waals surface area contributed by atoms with Crippen molar-refractivity contribution in [2.45, 2.75) is 19.8 Å². The molecule has 0 radical (unpaired) electrons. The number of benzene rings is 2. The minimum Gasteiger partial charge on any atom is -0.277 e. The molecule has 2 N–H and O–H groups in total. The van der Waals surface area contributed by atoms with Gasteiger partial charge in [-0.25, -0.2) is 4.79 Å². The molecule has 13 heteroatoms. The minimum atomic E-state index is -1.50. The van der Waals surface area contributed by atoms with Gasteiger partial charge in [-0.3, -0.25) is 45.5 Å². The van der Waals surface area contributed by atoms with Crippen molar-refractivity contribution in [3.8, 4) is 0 Å². The zero-order chi connectivity index (χ0) is 24.8. The van der Waals surface area contributed by atoms with Crippen molar-refractivity contribution in [3.63, 3.8) is 0 Å². The summed E-state index contributed by atoms with van der Waals surface area (Å²) >= 11 is 0. The Balaban J connectivity index is 2.05. The highest BCUT2D eigenvalue weighted by molar-refractivity contribution is 6.31. The average Bonchev–Trinajstić information content (AvgIpc) is 2.81. The molecule has 0 aliphatic carbocycles. The number of urea groups is 1.